The molecule has 0 N–H and O–H groups in total. The Kier molecular flexibility index (Phi) is 2.03. The van der Waals surface area contributed by atoms with E-state index in [1.54, 1.807) is 0 Å². The van der Waals surface area contributed by atoms with Crippen LogP contribution in [0.4, 0.5) is 0 Å². The fourth-order valence-corrected chi connectivity index (χ4v) is 3.50. The van der Waals surface area contributed by atoms with Crippen molar-refractivity contribution in [3.8, 4) is 0 Å². The van der Waals surface area contributed by atoms with E-state index < -0.39 is 0 Å². The minimum Gasteiger partial charge on any atom is -0.0925 e. The molecule has 0 aromatic heterocycles. The van der Waals surface area contributed by atoms with Gasteiger partial charge in [-0.3, -0.25) is 0 Å². The van der Waals surface area contributed by atoms with Crippen LogP contribution < -0.4 is 0 Å². The zero-order valence-electron chi connectivity index (χ0n) is 6.35. The Hall–Kier alpha value is 0.480. The third-order valence-corrected chi connectivity index (χ3v) is 4.22. The molecule has 0 amide bonds. The van der Waals surface area contributed by atoms with Crippen LogP contribution in [0.15, 0.2) is 0 Å². The Balaban J connectivity index is 2.01. The van der Waals surface area contributed by atoms with E-state index in [1.807, 2.05) is 0 Å². The third kappa shape index (κ3) is 1.13. The van der Waals surface area contributed by atoms with E-state index in [4.69, 9.17) is 0 Å². The molecule has 58 valence electrons. The number of halogens is 1. The van der Waals surface area contributed by atoms with Gasteiger partial charge in [0.05, 0.1) is 0 Å². The molecule has 0 nitrogen and oxygen atoms in total. The van der Waals surface area contributed by atoms with Crippen LogP contribution in [0, 0.1) is 17.8 Å². The van der Waals surface area contributed by atoms with E-state index in [0.717, 1.165) is 17.8 Å². The van der Waals surface area contributed by atoms with E-state index in [-0.39, 0.29) is 0 Å². The molecule has 0 aromatic rings. The maximum atomic E-state index is 3.61. The Morgan fingerprint density at radius 1 is 1.10 bits per heavy atom. The monoisotopic (exact) mass is 202 g/mol. The second-order valence-corrected chi connectivity index (χ2v) is 4.58. The lowest BCUT2D eigenvalue weighted by atomic mass is 9.65. The topological polar surface area (TPSA) is 0 Å². The van der Waals surface area contributed by atoms with Crippen molar-refractivity contribution in [1.82, 2.24) is 0 Å². The van der Waals surface area contributed by atoms with Gasteiger partial charge in [-0.1, -0.05) is 28.8 Å². The summed E-state index contributed by atoms with van der Waals surface area (Å²) in [6.45, 7) is 0. The molecule has 0 aromatic carbocycles. The predicted molar refractivity (Wildman–Crippen MR) is 47.3 cm³/mol. The molecule has 0 heterocycles. The summed E-state index contributed by atoms with van der Waals surface area (Å²) in [4.78, 5) is 0. The van der Waals surface area contributed by atoms with Gasteiger partial charge in [0.1, 0.15) is 0 Å². The first-order valence-corrected chi connectivity index (χ1v) is 5.58. The number of hydrogen-bond acceptors (Lipinski definition) is 0. The lowest BCUT2D eigenvalue weighted by Crippen LogP contribution is -2.31. The van der Waals surface area contributed by atoms with Crippen molar-refractivity contribution in [2.75, 3.05) is 5.33 Å². The van der Waals surface area contributed by atoms with Crippen LogP contribution >= 0.6 is 15.9 Å². The van der Waals surface area contributed by atoms with Gasteiger partial charge in [-0.05, 0) is 37.0 Å². The lowest BCUT2D eigenvalue weighted by Gasteiger charge is -2.41. The molecule has 0 radical (unpaired) electrons. The van der Waals surface area contributed by atoms with E-state index in [2.05, 4.69) is 15.9 Å². The van der Waals surface area contributed by atoms with Crippen LogP contribution in [0.5, 0.6) is 0 Å². The number of fused-ring (bicyclic) bond motifs is 3. The summed E-state index contributed by atoms with van der Waals surface area (Å²) in [6.07, 6.45) is 7.65. The maximum absolute atomic E-state index is 3.61. The van der Waals surface area contributed by atoms with Crippen LogP contribution in [0.1, 0.15) is 32.1 Å². The number of hydrogen-bond donors (Lipinski definition) is 0. The molecule has 3 fully saturated rings. The molecule has 2 bridgehead atoms. The minimum absolute atomic E-state index is 1.03. The molecule has 0 saturated heterocycles. The van der Waals surface area contributed by atoms with Crippen LogP contribution in [0.25, 0.3) is 0 Å². The van der Waals surface area contributed by atoms with Gasteiger partial charge < -0.3 is 0 Å². The minimum atomic E-state index is 1.03. The fraction of sp³-hybridized carbons (Fsp3) is 1.00. The van der Waals surface area contributed by atoms with E-state index in [0.29, 0.717) is 0 Å². The van der Waals surface area contributed by atoms with Crippen molar-refractivity contribution < 1.29 is 0 Å². The second-order valence-electron chi connectivity index (χ2n) is 3.93. The highest BCUT2D eigenvalue weighted by atomic mass is 79.9. The molecule has 10 heavy (non-hydrogen) atoms. The quantitative estimate of drug-likeness (QED) is 0.574. The first-order chi connectivity index (χ1) is 4.90. The molecule has 3 aliphatic carbocycles. The van der Waals surface area contributed by atoms with Crippen LogP contribution in [-0.2, 0) is 0 Å². The van der Waals surface area contributed by atoms with Crippen LogP contribution in [0.3, 0.4) is 0 Å². The molecule has 1 atom stereocenters. The number of rotatable bonds is 1. The van der Waals surface area contributed by atoms with Crippen molar-refractivity contribution in [2.45, 2.75) is 32.1 Å². The van der Waals surface area contributed by atoms with Crippen molar-refractivity contribution in [2.24, 2.45) is 17.8 Å². The Labute approximate surface area is 71.5 Å². The Morgan fingerprint density at radius 3 is 2.10 bits per heavy atom. The average Bonchev–Trinajstić information content (AvgIpc) is 2.06. The second kappa shape index (κ2) is 2.84. The van der Waals surface area contributed by atoms with E-state index >= 15 is 0 Å². The first kappa shape index (κ1) is 7.15. The molecule has 0 unspecified atom stereocenters. The van der Waals surface area contributed by atoms with Crippen LogP contribution in [0.2, 0.25) is 0 Å². The summed E-state index contributed by atoms with van der Waals surface area (Å²) in [7, 11) is 0. The zero-order valence-corrected chi connectivity index (χ0v) is 7.94. The summed E-state index contributed by atoms with van der Waals surface area (Å²) in [5, 5.41) is 1.26. The van der Waals surface area contributed by atoms with Gasteiger partial charge in [-0.2, -0.15) is 0 Å². The third-order valence-electron chi connectivity index (χ3n) is 3.39. The lowest BCUT2D eigenvalue weighted by molar-refractivity contribution is 0.115. The van der Waals surface area contributed by atoms with E-state index in [1.165, 1.54) is 37.4 Å². The maximum Gasteiger partial charge on any atom is 0.00624 e. The molecule has 3 rings (SSSR count). The summed E-state index contributed by atoms with van der Waals surface area (Å²) in [5.41, 5.74) is 0. The number of alkyl halides is 1. The summed E-state index contributed by atoms with van der Waals surface area (Å²) >= 11 is 3.61. The molecular weight excluding hydrogens is 188 g/mol. The van der Waals surface area contributed by atoms with Gasteiger partial charge in [-0.25, -0.2) is 0 Å². The summed E-state index contributed by atoms with van der Waals surface area (Å²) in [5.74, 6) is 3.23. The highest BCUT2D eigenvalue weighted by Gasteiger charge is 2.34. The molecule has 0 spiro atoms. The molecule has 3 aliphatic rings. The predicted octanol–water partition coefficient (Wildman–Crippen LogP) is 3.21. The van der Waals surface area contributed by atoms with Crippen molar-refractivity contribution in [1.29, 1.82) is 0 Å². The summed E-state index contributed by atoms with van der Waals surface area (Å²) < 4.78 is 0. The Morgan fingerprint density at radius 2 is 1.80 bits per heavy atom. The van der Waals surface area contributed by atoms with Gasteiger partial charge in [0.15, 0.2) is 0 Å². The molecule has 3 saturated carbocycles. The standard InChI is InChI=1S/C9H15Br/c10-6-9-5-7-1-3-8(9)4-2-7/h7-9H,1-6H2/t7?,8?,9-/m0/s1. The van der Waals surface area contributed by atoms with E-state index in [9.17, 15) is 0 Å². The smallest absolute Gasteiger partial charge is 0.00624 e. The van der Waals surface area contributed by atoms with Crippen LogP contribution in [-0.4, -0.2) is 5.33 Å². The fourth-order valence-electron chi connectivity index (χ4n) is 2.70. The Bertz CT molecular complexity index is 114. The van der Waals surface area contributed by atoms with Gasteiger partial charge in [0.25, 0.3) is 0 Å². The SMILES string of the molecule is BrC[C@@H]1CC2CCC1CC2. The first-order valence-electron chi connectivity index (χ1n) is 4.46. The zero-order chi connectivity index (χ0) is 6.97. The van der Waals surface area contributed by atoms with Crippen molar-refractivity contribution in [3.05, 3.63) is 0 Å². The summed E-state index contributed by atoms with van der Waals surface area (Å²) in [6, 6.07) is 0. The highest BCUT2D eigenvalue weighted by molar-refractivity contribution is 9.09. The molecular formula is C9H15Br. The molecule has 0 aliphatic heterocycles. The normalized spacial score (nSPS) is 45.9. The molecule has 1 heteroatoms. The van der Waals surface area contributed by atoms with Crippen molar-refractivity contribution in [3.63, 3.8) is 0 Å². The van der Waals surface area contributed by atoms with Crippen molar-refractivity contribution >= 4 is 15.9 Å². The van der Waals surface area contributed by atoms with Gasteiger partial charge in [0.2, 0.25) is 0 Å². The highest BCUT2D eigenvalue weighted by Crippen LogP contribution is 2.45. The average molecular weight is 203 g/mol. The largest absolute Gasteiger partial charge is 0.0925 e. The van der Waals surface area contributed by atoms with Gasteiger partial charge in [-0.15, -0.1) is 0 Å². The van der Waals surface area contributed by atoms with Gasteiger partial charge >= 0.3 is 0 Å². The van der Waals surface area contributed by atoms with Gasteiger partial charge in [0, 0.05) is 5.33 Å².